The fourth-order valence-corrected chi connectivity index (χ4v) is 2.10. The van der Waals surface area contributed by atoms with Gasteiger partial charge in [0.1, 0.15) is 0 Å². The van der Waals surface area contributed by atoms with Crippen LogP contribution in [-0.2, 0) is 4.79 Å². The van der Waals surface area contributed by atoms with Crippen molar-refractivity contribution in [2.24, 2.45) is 0 Å². The summed E-state index contributed by atoms with van der Waals surface area (Å²) >= 11 is 0. The van der Waals surface area contributed by atoms with Crippen molar-refractivity contribution >= 4 is 5.91 Å². The number of hydrogen-bond donors (Lipinski definition) is 2. The molecule has 1 amide bonds. The van der Waals surface area contributed by atoms with Crippen molar-refractivity contribution in [3.05, 3.63) is 35.9 Å². The standard InChI is InChI=1S/C15H18N2O/c1-12-14(8-5-11-16-12)17-15(18)10-9-13-6-3-2-4-7-13/h2-4,6-7,12,14,16H,5,8,11H2,1H3,(H,17,18). The molecule has 1 heterocycles. The van der Waals surface area contributed by atoms with Crippen LogP contribution in [0.2, 0.25) is 0 Å². The van der Waals surface area contributed by atoms with E-state index in [-0.39, 0.29) is 11.9 Å². The van der Waals surface area contributed by atoms with Crippen molar-refractivity contribution in [1.29, 1.82) is 0 Å². The van der Waals surface area contributed by atoms with E-state index >= 15 is 0 Å². The first kappa shape index (κ1) is 12.7. The van der Waals surface area contributed by atoms with Crippen LogP contribution < -0.4 is 10.6 Å². The first-order chi connectivity index (χ1) is 8.75. The van der Waals surface area contributed by atoms with Crippen molar-refractivity contribution in [2.75, 3.05) is 6.54 Å². The number of carbonyl (C=O) groups excluding carboxylic acids is 1. The number of piperidine rings is 1. The highest BCUT2D eigenvalue weighted by Gasteiger charge is 2.21. The van der Waals surface area contributed by atoms with Gasteiger partial charge in [0, 0.05) is 23.6 Å². The fourth-order valence-electron chi connectivity index (χ4n) is 2.10. The van der Waals surface area contributed by atoms with Crippen LogP contribution in [0, 0.1) is 11.8 Å². The van der Waals surface area contributed by atoms with Crippen LogP contribution in [-0.4, -0.2) is 24.5 Å². The van der Waals surface area contributed by atoms with Crippen LogP contribution in [0.1, 0.15) is 25.3 Å². The largest absolute Gasteiger partial charge is 0.341 e. The number of nitrogens with one attached hydrogen (secondary N) is 2. The molecule has 18 heavy (non-hydrogen) atoms. The van der Waals surface area contributed by atoms with Gasteiger partial charge in [0.2, 0.25) is 0 Å². The topological polar surface area (TPSA) is 41.1 Å². The Morgan fingerprint density at radius 2 is 2.17 bits per heavy atom. The maximum absolute atomic E-state index is 11.7. The van der Waals surface area contributed by atoms with Crippen molar-refractivity contribution in [1.82, 2.24) is 10.6 Å². The zero-order valence-electron chi connectivity index (χ0n) is 10.6. The molecule has 3 heteroatoms. The van der Waals surface area contributed by atoms with Crippen LogP contribution in [0.3, 0.4) is 0 Å². The molecule has 0 saturated carbocycles. The first-order valence-electron chi connectivity index (χ1n) is 6.36. The molecule has 3 nitrogen and oxygen atoms in total. The average molecular weight is 242 g/mol. The quantitative estimate of drug-likeness (QED) is 0.729. The molecule has 2 N–H and O–H groups in total. The average Bonchev–Trinajstić information content (AvgIpc) is 2.40. The van der Waals surface area contributed by atoms with E-state index in [2.05, 4.69) is 29.4 Å². The Kier molecular flexibility index (Phi) is 4.38. The van der Waals surface area contributed by atoms with Crippen LogP contribution in [0.25, 0.3) is 0 Å². The van der Waals surface area contributed by atoms with Gasteiger partial charge < -0.3 is 10.6 Å². The van der Waals surface area contributed by atoms with Gasteiger partial charge >= 0.3 is 0 Å². The van der Waals surface area contributed by atoms with Crippen LogP contribution in [0.5, 0.6) is 0 Å². The van der Waals surface area contributed by atoms with E-state index in [0.29, 0.717) is 6.04 Å². The van der Waals surface area contributed by atoms with Crippen LogP contribution >= 0.6 is 0 Å². The highest BCUT2D eigenvalue weighted by atomic mass is 16.1. The van der Waals surface area contributed by atoms with Gasteiger partial charge in [-0.15, -0.1) is 0 Å². The molecule has 0 bridgehead atoms. The summed E-state index contributed by atoms with van der Waals surface area (Å²) in [6.45, 7) is 3.12. The van der Waals surface area contributed by atoms with Crippen LogP contribution in [0.15, 0.2) is 30.3 Å². The van der Waals surface area contributed by atoms with Gasteiger partial charge in [-0.1, -0.05) is 24.1 Å². The Labute approximate surface area is 108 Å². The summed E-state index contributed by atoms with van der Waals surface area (Å²) in [4.78, 5) is 11.7. The second-order valence-corrected chi connectivity index (χ2v) is 4.58. The Morgan fingerprint density at radius 3 is 2.89 bits per heavy atom. The highest BCUT2D eigenvalue weighted by molar-refractivity contribution is 5.94. The van der Waals surface area contributed by atoms with Gasteiger partial charge in [-0.2, -0.15) is 0 Å². The fraction of sp³-hybridized carbons (Fsp3) is 0.400. The molecule has 1 aromatic carbocycles. The van der Waals surface area contributed by atoms with E-state index in [1.165, 1.54) is 0 Å². The van der Waals surface area contributed by atoms with E-state index in [1.807, 2.05) is 30.3 Å². The molecule has 1 aliphatic heterocycles. The molecule has 94 valence electrons. The summed E-state index contributed by atoms with van der Waals surface area (Å²) in [5.41, 5.74) is 0.863. The number of carbonyl (C=O) groups is 1. The molecule has 0 aliphatic carbocycles. The van der Waals surface area contributed by atoms with E-state index in [4.69, 9.17) is 0 Å². The first-order valence-corrected chi connectivity index (χ1v) is 6.36. The third kappa shape index (κ3) is 3.61. The molecule has 1 aromatic rings. The van der Waals surface area contributed by atoms with E-state index in [1.54, 1.807) is 0 Å². The highest BCUT2D eigenvalue weighted by Crippen LogP contribution is 2.07. The van der Waals surface area contributed by atoms with E-state index in [9.17, 15) is 4.79 Å². The Bertz CT molecular complexity index is 458. The van der Waals surface area contributed by atoms with Gasteiger partial charge in [0.25, 0.3) is 5.91 Å². The predicted molar refractivity (Wildman–Crippen MR) is 71.9 cm³/mol. The summed E-state index contributed by atoms with van der Waals surface area (Å²) in [6, 6.07) is 10.1. The number of amides is 1. The van der Waals surface area contributed by atoms with Gasteiger partial charge in [-0.05, 0) is 38.4 Å². The maximum atomic E-state index is 11.7. The molecule has 0 aromatic heterocycles. The molecular formula is C15H18N2O. The maximum Gasteiger partial charge on any atom is 0.296 e. The lowest BCUT2D eigenvalue weighted by molar-refractivity contribution is -0.116. The lowest BCUT2D eigenvalue weighted by atomic mass is 10.00. The van der Waals surface area contributed by atoms with Crippen molar-refractivity contribution < 1.29 is 4.79 Å². The zero-order chi connectivity index (χ0) is 12.8. The lowest BCUT2D eigenvalue weighted by Crippen LogP contribution is -2.51. The smallest absolute Gasteiger partial charge is 0.296 e. The summed E-state index contributed by atoms with van der Waals surface area (Å²) < 4.78 is 0. The molecular weight excluding hydrogens is 224 g/mol. The van der Waals surface area contributed by atoms with Crippen LogP contribution in [0.4, 0.5) is 0 Å². The van der Waals surface area contributed by atoms with Gasteiger partial charge in [-0.3, -0.25) is 4.79 Å². The molecule has 2 unspecified atom stereocenters. The number of hydrogen-bond acceptors (Lipinski definition) is 2. The van der Waals surface area contributed by atoms with Gasteiger partial charge in [0.15, 0.2) is 0 Å². The van der Waals surface area contributed by atoms with Gasteiger partial charge in [-0.25, -0.2) is 0 Å². The predicted octanol–water partition coefficient (Wildman–Crippen LogP) is 1.29. The minimum atomic E-state index is -0.195. The third-order valence-corrected chi connectivity index (χ3v) is 3.17. The summed E-state index contributed by atoms with van der Waals surface area (Å²) in [6.07, 6.45) is 2.12. The van der Waals surface area contributed by atoms with E-state index < -0.39 is 0 Å². The summed E-state index contributed by atoms with van der Waals surface area (Å²) in [5, 5.41) is 6.31. The normalized spacial score (nSPS) is 22.7. The lowest BCUT2D eigenvalue weighted by Gasteiger charge is -2.29. The Hall–Kier alpha value is -1.79. The van der Waals surface area contributed by atoms with Crippen molar-refractivity contribution in [3.8, 4) is 11.8 Å². The van der Waals surface area contributed by atoms with Gasteiger partial charge in [0.05, 0.1) is 0 Å². The van der Waals surface area contributed by atoms with E-state index in [0.717, 1.165) is 24.9 Å². The molecule has 0 spiro atoms. The molecule has 2 rings (SSSR count). The minimum absolute atomic E-state index is 0.191. The minimum Gasteiger partial charge on any atom is -0.341 e. The molecule has 0 radical (unpaired) electrons. The SMILES string of the molecule is CC1NCCCC1NC(=O)C#Cc1ccccc1. The van der Waals surface area contributed by atoms with Crippen molar-refractivity contribution in [3.63, 3.8) is 0 Å². The molecule has 2 atom stereocenters. The summed E-state index contributed by atoms with van der Waals surface area (Å²) in [5.74, 6) is 5.31. The second kappa shape index (κ2) is 6.23. The Morgan fingerprint density at radius 1 is 1.39 bits per heavy atom. The Balaban J connectivity index is 1.91. The number of rotatable bonds is 1. The molecule has 1 aliphatic rings. The zero-order valence-corrected chi connectivity index (χ0v) is 10.6. The number of benzene rings is 1. The monoisotopic (exact) mass is 242 g/mol. The molecule has 1 saturated heterocycles. The second-order valence-electron chi connectivity index (χ2n) is 4.58. The summed E-state index contributed by atoms with van der Waals surface area (Å²) in [7, 11) is 0. The molecule has 1 fully saturated rings. The third-order valence-electron chi connectivity index (χ3n) is 3.17. The van der Waals surface area contributed by atoms with Crippen molar-refractivity contribution in [2.45, 2.75) is 31.8 Å².